The first-order valence-electron chi connectivity index (χ1n) is 5.04. The van der Waals surface area contributed by atoms with Gasteiger partial charge in [0.15, 0.2) is 0 Å². The lowest BCUT2D eigenvalue weighted by Gasteiger charge is -2.10. The van der Waals surface area contributed by atoms with Crippen molar-refractivity contribution in [3.05, 3.63) is 52.6 Å². The second-order valence-electron chi connectivity index (χ2n) is 3.77. The Morgan fingerprint density at radius 2 is 2.25 bits per heavy atom. The molecule has 1 aromatic carbocycles. The number of alkyl halides is 1. The van der Waals surface area contributed by atoms with E-state index in [0.717, 1.165) is 17.3 Å². The molecule has 1 aromatic heterocycles. The summed E-state index contributed by atoms with van der Waals surface area (Å²) in [5.74, 6) is 0.972. The van der Waals surface area contributed by atoms with E-state index in [9.17, 15) is 0 Å². The highest BCUT2D eigenvalue weighted by atomic mass is 79.9. The molecule has 0 saturated heterocycles. The van der Waals surface area contributed by atoms with Gasteiger partial charge in [-0.15, -0.1) is 0 Å². The van der Waals surface area contributed by atoms with Crippen molar-refractivity contribution in [2.75, 3.05) is 0 Å². The van der Waals surface area contributed by atoms with Crippen LogP contribution in [0.3, 0.4) is 0 Å². The molecule has 0 radical (unpaired) electrons. The number of aromatic amines is 1. The van der Waals surface area contributed by atoms with Crippen LogP contribution in [-0.4, -0.2) is 9.97 Å². The summed E-state index contributed by atoms with van der Waals surface area (Å²) in [4.78, 5) is 7.53. The third kappa shape index (κ3) is 2.86. The van der Waals surface area contributed by atoms with Crippen LogP contribution in [0.25, 0.3) is 0 Å². The Bertz CT molecular complexity index is 448. The van der Waals surface area contributed by atoms with Gasteiger partial charge in [-0.25, -0.2) is 4.98 Å². The molecule has 0 aliphatic heterocycles. The minimum absolute atomic E-state index is 0.232. The summed E-state index contributed by atoms with van der Waals surface area (Å²) >= 11 is 9.69. The van der Waals surface area contributed by atoms with Crippen LogP contribution >= 0.6 is 27.5 Å². The largest absolute Gasteiger partial charge is 0.349 e. The molecule has 0 aliphatic carbocycles. The van der Waals surface area contributed by atoms with Crippen molar-refractivity contribution in [1.82, 2.24) is 9.97 Å². The normalized spacial score (nSPS) is 12.7. The van der Waals surface area contributed by atoms with Gasteiger partial charge < -0.3 is 4.98 Å². The first-order chi connectivity index (χ1) is 7.65. The summed E-state index contributed by atoms with van der Waals surface area (Å²) in [6.45, 7) is 2.04. The lowest BCUT2D eigenvalue weighted by atomic mass is 10.1. The summed E-state index contributed by atoms with van der Waals surface area (Å²) < 4.78 is 0. The van der Waals surface area contributed by atoms with Crippen LogP contribution in [0.4, 0.5) is 0 Å². The molecule has 1 atom stereocenters. The molecule has 84 valence electrons. The highest BCUT2D eigenvalue weighted by Gasteiger charge is 2.10. The molecule has 4 heteroatoms. The molecule has 0 bridgehead atoms. The van der Waals surface area contributed by atoms with E-state index in [1.807, 2.05) is 25.3 Å². The first kappa shape index (κ1) is 11.7. The zero-order valence-electron chi connectivity index (χ0n) is 8.87. The quantitative estimate of drug-likeness (QED) is 0.851. The van der Waals surface area contributed by atoms with E-state index in [0.29, 0.717) is 0 Å². The van der Waals surface area contributed by atoms with Crippen molar-refractivity contribution in [3.8, 4) is 0 Å². The number of nitrogens with one attached hydrogen (secondary N) is 1. The van der Waals surface area contributed by atoms with Crippen molar-refractivity contribution in [3.63, 3.8) is 0 Å². The molecule has 0 fully saturated rings. The Morgan fingerprint density at radius 3 is 2.88 bits per heavy atom. The minimum atomic E-state index is 0.232. The number of H-pyrrole nitrogens is 1. The van der Waals surface area contributed by atoms with Crippen LogP contribution in [0.2, 0.25) is 5.02 Å². The Kier molecular flexibility index (Phi) is 3.66. The third-order valence-electron chi connectivity index (χ3n) is 2.35. The van der Waals surface area contributed by atoms with E-state index in [1.165, 1.54) is 11.1 Å². The van der Waals surface area contributed by atoms with E-state index in [1.54, 1.807) is 6.20 Å². The van der Waals surface area contributed by atoms with E-state index >= 15 is 0 Å². The minimum Gasteiger partial charge on any atom is -0.349 e. The number of aromatic nitrogens is 2. The van der Waals surface area contributed by atoms with Gasteiger partial charge in [0.25, 0.3) is 0 Å². The molecule has 0 spiro atoms. The molecule has 0 saturated carbocycles. The van der Waals surface area contributed by atoms with E-state index in [2.05, 4.69) is 32.0 Å². The standard InChI is InChI=1S/C12H12BrClN2/c1-8-4-9(6-10(14)5-8)11(13)7-12-15-2-3-16-12/h2-6,11H,7H2,1H3,(H,15,16). The SMILES string of the molecule is Cc1cc(Cl)cc(C(Br)Cc2ncc[nH]2)c1. The Labute approximate surface area is 108 Å². The van der Waals surface area contributed by atoms with Gasteiger partial charge in [0.2, 0.25) is 0 Å². The maximum Gasteiger partial charge on any atom is 0.107 e. The van der Waals surface area contributed by atoms with Crippen molar-refractivity contribution in [1.29, 1.82) is 0 Å². The summed E-state index contributed by atoms with van der Waals surface area (Å²) in [6.07, 6.45) is 4.42. The highest BCUT2D eigenvalue weighted by Crippen LogP contribution is 2.28. The van der Waals surface area contributed by atoms with E-state index in [-0.39, 0.29) is 4.83 Å². The first-order valence-corrected chi connectivity index (χ1v) is 6.34. The van der Waals surface area contributed by atoms with Gasteiger partial charge in [0, 0.05) is 28.7 Å². The highest BCUT2D eigenvalue weighted by molar-refractivity contribution is 9.09. The van der Waals surface area contributed by atoms with Crippen LogP contribution in [0, 0.1) is 6.92 Å². The fourth-order valence-electron chi connectivity index (χ4n) is 1.64. The number of hydrogen-bond acceptors (Lipinski definition) is 1. The average Bonchev–Trinajstić information content (AvgIpc) is 2.68. The van der Waals surface area contributed by atoms with Gasteiger partial charge in [0.05, 0.1) is 0 Å². The van der Waals surface area contributed by atoms with Crippen molar-refractivity contribution in [2.24, 2.45) is 0 Å². The summed E-state index contributed by atoms with van der Waals surface area (Å²) in [7, 11) is 0. The maximum absolute atomic E-state index is 6.03. The third-order valence-corrected chi connectivity index (χ3v) is 3.42. The Balaban J connectivity index is 2.17. The topological polar surface area (TPSA) is 28.7 Å². The zero-order chi connectivity index (χ0) is 11.5. The van der Waals surface area contributed by atoms with Crippen LogP contribution in [0.5, 0.6) is 0 Å². The average molecular weight is 300 g/mol. The Morgan fingerprint density at radius 1 is 1.44 bits per heavy atom. The van der Waals surface area contributed by atoms with Gasteiger partial charge in [-0.05, 0) is 30.2 Å². The summed E-state index contributed by atoms with van der Waals surface area (Å²) in [5.41, 5.74) is 2.35. The summed E-state index contributed by atoms with van der Waals surface area (Å²) in [5, 5.41) is 0.777. The van der Waals surface area contributed by atoms with Crippen molar-refractivity contribution in [2.45, 2.75) is 18.2 Å². The maximum atomic E-state index is 6.03. The molecule has 0 aliphatic rings. The van der Waals surface area contributed by atoms with Gasteiger partial charge in [-0.1, -0.05) is 33.6 Å². The number of imidazole rings is 1. The zero-order valence-corrected chi connectivity index (χ0v) is 11.2. The van der Waals surface area contributed by atoms with Gasteiger partial charge in [-0.2, -0.15) is 0 Å². The van der Waals surface area contributed by atoms with Crippen LogP contribution in [-0.2, 0) is 6.42 Å². The van der Waals surface area contributed by atoms with Crippen LogP contribution in [0.1, 0.15) is 21.8 Å². The van der Waals surface area contributed by atoms with Gasteiger partial charge in [-0.3, -0.25) is 0 Å². The summed E-state index contributed by atoms with van der Waals surface area (Å²) in [6, 6.07) is 6.07. The fraction of sp³-hybridized carbons (Fsp3) is 0.250. The lowest BCUT2D eigenvalue weighted by Crippen LogP contribution is -1.97. The molecule has 2 aromatic rings. The molecular formula is C12H12BrClN2. The number of aryl methyl sites for hydroxylation is 1. The number of nitrogens with zero attached hydrogens (tertiary/aromatic N) is 1. The predicted octanol–water partition coefficient (Wildman–Crippen LogP) is 4.05. The van der Waals surface area contributed by atoms with Crippen molar-refractivity contribution < 1.29 is 0 Å². The van der Waals surface area contributed by atoms with Crippen molar-refractivity contribution >= 4 is 27.5 Å². The Hall–Kier alpha value is -0.800. The molecule has 0 amide bonds. The van der Waals surface area contributed by atoms with E-state index < -0.39 is 0 Å². The van der Waals surface area contributed by atoms with E-state index in [4.69, 9.17) is 11.6 Å². The molecule has 16 heavy (non-hydrogen) atoms. The van der Waals surface area contributed by atoms with Crippen LogP contribution < -0.4 is 0 Å². The second kappa shape index (κ2) is 5.02. The second-order valence-corrected chi connectivity index (χ2v) is 5.31. The van der Waals surface area contributed by atoms with Gasteiger partial charge in [0.1, 0.15) is 5.82 Å². The predicted molar refractivity (Wildman–Crippen MR) is 70.1 cm³/mol. The number of rotatable bonds is 3. The smallest absolute Gasteiger partial charge is 0.107 e. The molecule has 1 unspecified atom stereocenters. The molecule has 1 heterocycles. The van der Waals surface area contributed by atoms with Crippen LogP contribution in [0.15, 0.2) is 30.6 Å². The monoisotopic (exact) mass is 298 g/mol. The number of hydrogen-bond donors (Lipinski definition) is 1. The molecule has 2 rings (SSSR count). The fourth-order valence-corrected chi connectivity index (χ4v) is 2.51. The lowest BCUT2D eigenvalue weighted by molar-refractivity contribution is 0.875. The molecular weight excluding hydrogens is 288 g/mol. The number of halogens is 2. The number of benzene rings is 1. The molecule has 2 nitrogen and oxygen atoms in total. The molecule has 1 N–H and O–H groups in total. The van der Waals surface area contributed by atoms with Gasteiger partial charge >= 0.3 is 0 Å².